The van der Waals surface area contributed by atoms with Gasteiger partial charge in [0.2, 0.25) is 5.91 Å². The van der Waals surface area contributed by atoms with Gasteiger partial charge in [-0.1, -0.05) is 6.07 Å². The molecule has 0 aromatic carbocycles. The largest absolute Gasteiger partial charge is 0.369 e. The number of aromatic nitrogens is 1. The summed E-state index contributed by atoms with van der Waals surface area (Å²) in [7, 11) is 0. The number of nitrogens with one attached hydrogen (secondary N) is 1. The van der Waals surface area contributed by atoms with Gasteiger partial charge in [0.1, 0.15) is 5.82 Å². The van der Waals surface area contributed by atoms with Crippen LogP contribution in [0, 0.1) is 6.92 Å². The minimum absolute atomic E-state index is 0.248. The van der Waals surface area contributed by atoms with Crippen LogP contribution < -0.4 is 11.1 Å². The quantitative estimate of drug-likeness (QED) is 0.825. The summed E-state index contributed by atoms with van der Waals surface area (Å²) in [6, 6.07) is 4.43. The summed E-state index contributed by atoms with van der Waals surface area (Å²) in [5.74, 6) is 0.716. The average molecular weight is 248 g/mol. The van der Waals surface area contributed by atoms with E-state index in [0.29, 0.717) is 12.6 Å². The molecule has 5 nitrogen and oxygen atoms in total. The maximum Gasteiger partial charge on any atom is 0.231 e. The van der Waals surface area contributed by atoms with E-state index in [9.17, 15) is 4.79 Å². The van der Waals surface area contributed by atoms with Crippen LogP contribution in [-0.2, 0) is 4.79 Å². The molecular weight excluding hydrogens is 228 g/mol. The Labute approximate surface area is 107 Å². The molecule has 0 spiro atoms. The molecular formula is C13H20N4O. The number of hydrogen-bond donors (Lipinski definition) is 2. The topological polar surface area (TPSA) is 71.2 Å². The first-order valence-electron chi connectivity index (χ1n) is 6.34. The highest BCUT2D eigenvalue weighted by Crippen LogP contribution is 2.17. The van der Waals surface area contributed by atoms with Gasteiger partial charge in [0.25, 0.3) is 0 Å². The van der Waals surface area contributed by atoms with Crippen molar-refractivity contribution in [1.82, 2.24) is 9.88 Å². The number of aryl methyl sites for hydroxylation is 1. The normalized spacial score (nSPS) is 17.6. The molecule has 1 saturated heterocycles. The molecule has 18 heavy (non-hydrogen) atoms. The summed E-state index contributed by atoms with van der Waals surface area (Å²) in [6.45, 7) is 4.24. The summed E-state index contributed by atoms with van der Waals surface area (Å²) in [6.07, 6.45) is 3.84. The Morgan fingerprint density at radius 2 is 2.28 bits per heavy atom. The number of piperidine rings is 1. The second kappa shape index (κ2) is 5.82. The molecule has 1 aliphatic rings. The lowest BCUT2D eigenvalue weighted by molar-refractivity contribution is -0.119. The zero-order valence-corrected chi connectivity index (χ0v) is 10.7. The van der Waals surface area contributed by atoms with Crippen LogP contribution >= 0.6 is 0 Å². The van der Waals surface area contributed by atoms with Gasteiger partial charge >= 0.3 is 0 Å². The highest BCUT2D eigenvalue weighted by atomic mass is 16.1. The Hall–Kier alpha value is -1.62. The molecule has 3 N–H and O–H groups in total. The number of amides is 1. The lowest BCUT2D eigenvalue weighted by Gasteiger charge is -2.31. The monoisotopic (exact) mass is 248 g/mol. The van der Waals surface area contributed by atoms with E-state index in [4.69, 9.17) is 5.73 Å². The summed E-state index contributed by atoms with van der Waals surface area (Å²) in [5.41, 5.74) is 6.36. The van der Waals surface area contributed by atoms with Crippen molar-refractivity contribution >= 4 is 11.7 Å². The second-order valence-corrected chi connectivity index (χ2v) is 4.83. The number of rotatable bonds is 4. The molecule has 1 aromatic heterocycles. The van der Waals surface area contributed by atoms with Crippen LogP contribution in [0.25, 0.3) is 0 Å². The first-order chi connectivity index (χ1) is 8.65. The van der Waals surface area contributed by atoms with E-state index in [1.54, 1.807) is 6.20 Å². The van der Waals surface area contributed by atoms with Gasteiger partial charge in [0.15, 0.2) is 0 Å². The third-order valence-electron chi connectivity index (χ3n) is 3.32. The summed E-state index contributed by atoms with van der Waals surface area (Å²) >= 11 is 0. The molecule has 1 amide bonds. The Kier molecular flexibility index (Phi) is 4.15. The van der Waals surface area contributed by atoms with Crippen LogP contribution in [0.1, 0.15) is 18.4 Å². The van der Waals surface area contributed by atoms with Crippen LogP contribution in [0.5, 0.6) is 0 Å². The molecule has 0 unspecified atom stereocenters. The lowest BCUT2D eigenvalue weighted by atomic mass is 10.0. The number of primary amides is 1. The highest BCUT2D eigenvalue weighted by molar-refractivity contribution is 5.75. The van der Waals surface area contributed by atoms with Crippen molar-refractivity contribution in [3.63, 3.8) is 0 Å². The fourth-order valence-corrected chi connectivity index (χ4v) is 2.29. The summed E-state index contributed by atoms with van der Waals surface area (Å²) < 4.78 is 0. The third kappa shape index (κ3) is 3.43. The van der Waals surface area contributed by atoms with Crippen LogP contribution in [0.3, 0.4) is 0 Å². The minimum Gasteiger partial charge on any atom is -0.369 e. The number of likely N-dealkylation sites (tertiary alicyclic amines) is 1. The Morgan fingerprint density at radius 1 is 1.56 bits per heavy atom. The molecule has 2 heterocycles. The second-order valence-electron chi connectivity index (χ2n) is 4.83. The number of anilines is 1. The van der Waals surface area contributed by atoms with Crippen molar-refractivity contribution < 1.29 is 4.79 Å². The van der Waals surface area contributed by atoms with E-state index in [1.165, 1.54) is 0 Å². The number of nitrogens with zero attached hydrogens (tertiary/aromatic N) is 2. The molecule has 0 atom stereocenters. The smallest absolute Gasteiger partial charge is 0.231 e. The van der Waals surface area contributed by atoms with Gasteiger partial charge in [-0.2, -0.15) is 0 Å². The molecule has 1 aliphatic heterocycles. The van der Waals surface area contributed by atoms with E-state index >= 15 is 0 Å². The fourth-order valence-electron chi connectivity index (χ4n) is 2.29. The van der Waals surface area contributed by atoms with Crippen LogP contribution in [0.15, 0.2) is 18.3 Å². The lowest BCUT2D eigenvalue weighted by Crippen LogP contribution is -2.43. The van der Waals surface area contributed by atoms with E-state index in [1.807, 2.05) is 6.07 Å². The molecule has 5 heteroatoms. The standard InChI is InChI=1S/C13H20N4O/c1-10-3-2-6-15-13(10)16-11-4-7-17(8-5-11)9-12(14)18/h2-3,6,11H,4-5,7-9H2,1H3,(H2,14,18)(H,15,16). The number of nitrogens with two attached hydrogens (primary N) is 1. The van der Waals surface area contributed by atoms with Crippen molar-refractivity contribution in [2.75, 3.05) is 25.0 Å². The minimum atomic E-state index is -0.248. The molecule has 98 valence electrons. The van der Waals surface area contributed by atoms with E-state index < -0.39 is 0 Å². The van der Waals surface area contributed by atoms with Crippen LogP contribution in [-0.4, -0.2) is 41.5 Å². The molecule has 0 bridgehead atoms. The Morgan fingerprint density at radius 3 is 2.89 bits per heavy atom. The molecule has 0 saturated carbocycles. The SMILES string of the molecule is Cc1cccnc1NC1CCN(CC(N)=O)CC1. The fraction of sp³-hybridized carbons (Fsp3) is 0.538. The van der Waals surface area contributed by atoms with Gasteiger partial charge in [0.05, 0.1) is 6.54 Å². The van der Waals surface area contributed by atoms with Gasteiger partial charge in [-0.15, -0.1) is 0 Å². The molecule has 1 fully saturated rings. The number of pyridine rings is 1. The van der Waals surface area contributed by atoms with Crippen molar-refractivity contribution in [3.8, 4) is 0 Å². The van der Waals surface area contributed by atoms with Crippen molar-refractivity contribution in [2.24, 2.45) is 5.73 Å². The predicted molar refractivity (Wildman–Crippen MR) is 71.3 cm³/mol. The zero-order valence-electron chi connectivity index (χ0n) is 10.7. The maximum absolute atomic E-state index is 10.8. The maximum atomic E-state index is 10.8. The zero-order chi connectivity index (χ0) is 13.0. The van der Waals surface area contributed by atoms with Gasteiger partial charge < -0.3 is 11.1 Å². The summed E-state index contributed by atoms with van der Waals surface area (Å²) in [4.78, 5) is 17.3. The van der Waals surface area contributed by atoms with Gasteiger partial charge in [-0.05, 0) is 31.4 Å². The Bertz CT molecular complexity index is 413. The van der Waals surface area contributed by atoms with Crippen LogP contribution in [0.2, 0.25) is 0 Å². The molecule has 0 aliphatic carbocycles. The van der Waals surface area contributed by atoms with Crippen LogP contribution in [0.4, 0.5) is 5.82 Å². The van der Waals surface area contributed by atoms with Crippen molar-refractivity contribution in [1.29, 1.82) is 0 Å². The first kappa shape index (κ1) is 12.8. The average Bonchev–Trinajstić information content (AvgIpc) is 2.34. The van der Waals surface area contributed by atoms with Gasteiger partial charge in [-0.3, -0.25) is 9.69 Å². The number of carbonyl (C=O) groups is 1. The Balaban J connectivity index is 1.84. The number of hydrogen-bond acceptors (Lipinski definition) is 4. The molecule has 0 radical (unpaired) electrons. The van der Waals surface area contributed by atoms with Gasteiger partial charge in [0, 0.05) is 25.3 Å². The van der Waals surface area contributed by atoms with E-state index in [-0.39, 0.29) is 5.91 Å². The summed E-state index contributed by atoms with van der Waals surface area (Å²) in [5, 5.41) is 3.47. The van der Waals surface area contributed by atoms with E-state index in [2.05, 4.69) is 28.2 Å². The molecule has 1 aromatic rings. The number of carbonyl (C=O) groups excluding carboxylic acids is 1. The molecule has 2 rings (SSSR count). The van der Waals surface area contributed by atoms with Gasteiger partial charge in [-0.25, -0.2) is 4.98 Å². The first-order valence-corrected chi connectivity index (χ1v) is 6.34. The van der Waals surface area contributed by atoms with Crippen molar-refractivity contribution in [3.05, 3.63) is 23.9 Å². The third-order valence-corrected chi connectivity index (χ3v) is 3.32. The van der Waals surface area contributed by atoms with Crippen molar-refractivity contribution in [2.45, 2.75) is 25.8 Å². The van der Waals surface area contributed by atoms with E-state index in [0.717, 1.165) is 37.3 Å². The predicted octanol–water partition coefficient (Wildman–Crippen LogP) is 0.752. The highest BCUT2D eigenvalue weighted by Gasteiger charge is 2.20.